The minimum absolute atomic E-state index is 0. The SMILES string of the molecule is CC1(C)CCC([C@H](O)c2ccccc2Cl)N1.Cl. The Morgan fingerprint density at radius 2 is 2.06 bits per heavy atom. The molecular formula is C13H19Cl2NO. The lowest BCUT2D eigenvalue weighted by atomic mass is 10.00. The molecular weight excluding hydrogens is 257 g/mol. The van der Waals surface area contributed by atoms with Crippen LogP contribution in [0.1, 0.15) is 38.4 Å². The summed E-state index contributed by atoms with van der Waals surface area (Å²) in [4.78, 5) is 0. The van der Waals surface area contributed by atoms with Crippen LogP contribution in [0.3, 0.4) is 0 Å². The molecule has 2 nitrogen and oxygen atoms in total. The summed E-state index contributed by atoms with van der Waals surface area (Å²) in [6.45, 7) is 4.32. The van der Waals surface area contributed by atoms with Crippen LogP contribution >= 0.6 is 24.0 Å². The predicted octanol–water partition coefficient (Wildman–Crippen LogP) is 3.33. The maximum absolute atomic E-state index is 10.3. The number of nitrogens with one attached hydrogen (secondary N) is 1. The number of hydrogen-bond donors (Lipinski definition) is 2. The van der Waals surface area contributed by atoms with E-state index in [1.165, 1.54) is 0 Å². The van der Waals surface area contributed by atoms with Gasteiger partial charge in [-0.1, -0.05) is 29.8 Å². The van der Waals surface area contributed by atoms with Crippen molar-refractivity contribution in [3.05, 3.63) is 34.9 Å². The van der Waals surface area contributed by atoms with Crippen LogP contribution in [0.25, 0.3) is 0 Å². The zero-order chi connectivity index (χ0) is 11.8. The molecule has 0 aliphatic carbocycles. The van der Waals surface area contributed by atoms with Gasteiger partial charge in [-0.3, -0.25) is 0 Å². The number of hydrogen-bond acceptors (Lipinski definition) is 2. The van der Waals surface area contributed by atoms with E-state index in [4.69, 9.17) is 11.6 Å². The van der Waals surface area contributed by atoms with Gasteiger partial charge >= 0.3 is 0 Å². The van der Waals surface area contributed by atoms with E-state index in [2.05, 4.69) is 19.2 Å². The molecule has 1 heterocycles. The molecule has 4 heteroatoms. The second kappa shape index (κ2) is 5.57. The predicted molar refractivity (Wildman–Crippen MR) is 73.9 cm³/mol. The average Bonchev–Trinajstić information content (AvgIpc) is 2.59. The number of halogens is 2. The summed E-state index contributed by atoms with van der Waals surface area (Å²) < 4.78 is 0. The molecule has 0 radical (unpaired) electrons. The van der Waals surface area contributed by atoms with Crippen molar-refractivity contribution in [2.75, 3.05) is 0 Å². The van der Waals surface area contributed by atoms with E-state index in [1.54, 1.807) is 0 Å². The van der Waals surface area contributed by atoms with E-state index in [0.29, 0.717) is 5.02 Å². The second-order valence-electron chi connectivity index (χ2n) is 5.14. The minimum Gasteiger partial charge on any atom is -0.387 e. The highest BCUT2D eigenvalue weighted by Crippen LogP contribution is 2.32. The number of aliphatic hydroxyl groups is 1. The van der Waals surface area contributed by atoms with Gasteiger partial charge in [0.2, 0.25) is 0 Å². The Kier molecular flexibility index (Phi) is 4.85. The number of rotatable bonds is 2. The quantitative estimate of drug-likeness (QED) is 0.868. The molecule has 0 amide bonds. The molecule has 1 aliphatic rings. The molecule has 1 aliphatic heterocycles. The summed E-state index contributed by atoms with van der Waals surface area (Å²) in [5.74, 6) is 0. The van der Waals surface area contributed by atoms with Gasteiger partial charge in [0.25, 0.3) is 0 Å². The molecule has 1 fully saturated rings. The molecule has 1 unspecified atom stereocenters. The molecule has 0 aromatic heterocycles. The van der Waals surface area contributed by atoms with Crippen LogP contribution in [0.5, 0.6) is 0 Å². The van der Waals surface area contributed by atoms with Crippen LogP contribution in [-0.2, 0) is 0 Å². The Hall–Kier alpha value is -0.280. The Labute approximate surface area is 114 Å². The number of benzene rings is 1. The van der Waals surface area contributed by atoms with Crippen LogP contribution in [0.15, 0.2) is 24.3 Å². The summed E-state index contributed by atoms with van der Waals surface area (Å²) in [6, 6.07) is 7.60. The fourth-order valence-corrected chi connectivity index (χ4v) is 2.58. The lowest BCUT2D eigenvalue weighted by Gasteiger charge is -2.24. The standard InChI is InChI=1S/C13H18ClNO.ClH/c1-13(2)8-7-11(15-13)12(16)9-5-3-4-6-10(9)14;/h3-6,11-12,15-16H,7-8H2,1-2H3;1H/t11?,12-;/m1./s1. The normalized spacial score (nSPS) is 24.1. The van der Waals surface area contributed by atoms with E-state index in [1.807, 2.05) is 24.3 Å². The zero-order valence-corrected chi connectivity index (χ0v) is 11.7. The van der Waals surface area contributed by atoms with E-state index in [9.17, 15) is 5.11 Å². The second-order valence-corrected chi connectivity index (χ2v) is 5.55. The van der Waals surface area contributed by atoms with Gasteiger partial charge in [-0.05, 0) is 32.8 Å². The third-order valence-corrected chi connectivity index (χ3v) is 3.61. The summed E-state index contributed by atoms with van der Waals surface area (Å²) in [5.41, 5.74) is 0.937. The van der Waals surface area contributed by atoms with Crippen LogP contribution in [0.2, 0.25) is 5.02 Å². The first kappa shape index (κ1) is 14.8. The highest BCUT2D eigenvalue weighted by Gasteiger charge is 2.34. The number of aliphatic hydroxyl groups excluding tert-OH is 1. The van der Waals surface area contributed by atoms with Crippen LogP contribution in [-0.4, -0.2) is 16.7 Å². The van der Waals surface area contributed by atoms with E-state index < -0.39 is 6.10 Å². The summed E-state index contributed by atoms with van der Waals surface area (Å²) in [6.07, 6.45) is 1.55. The third-order valence-electron chi connectivity index (χ3n) is 3.26. The van der Waals surface area contributed by atoms with Crippen LogP contribution < -0.4 is 5.32 Å². The Bertz CT molecular complexity index is 381. The monoisotopic (exact) mass is 275 g/mol. The molecule has 1 aromatic rings. The Balaban J connectivity index is 0.00000144. The van der Waals surface area contributed by atoms with Crippen molar-refractivity contribution >= 4 is 24.0 Å². The first-order valence-electron chi connectivity index (χ1n) is 5.70. The maximum Gasteiger partial charge on any atom is 0.0957 e. The highest BCUT2D eigenvalue weighted by molar-refractivity contribution is 6.31. The fourth-order valence-electron chi connectivity index (χ4n) is 2.33. The molecule has 17 heavy (non-hydrogen) atoms. The zero-order valence-electron chi connectivity index (χ0n) is 10.1. The van der Waals surface area contributed by atoms with E-state index in [-0.39, 0.29) is 24.0 Å². The largest absolute Gasteiger partial charge is 0.387 e. The van der Waals surface area contributed by atoms with Crippen LogP contribution in [0.4, 0.5) is 0 Å². The van der Waals surface area contributed by atoms with Crippen molar-refractivity contribution in [1.29, 1.82) is 0 Å². The van der Waals surface area contributed by atoms with Gasteiger partial charge < -0.3 is 10.4 Å². The van der Waals surface area contributed by atoms with Gasteiger partial charge in [0.05, 0.1) is 6.10 Å². The topological polar surface area (TPSA) is 32.3 Å². The van der Waals surface area contributed by atoms with Crippen molar-refractivity contribution in [3.8, 4) is 0 Å². The van der Waals surface area contributed by atoms with Crippen molar-refractivity contribution in [3.63, 3.8) is 0 Å². The molecule has 1 aromatic carbocycles. The fraction of sp³-hybridized carbons (Fsp3) is 0.538. The molecule has 0 bridgehead atoms. The summed E-state index contributed by atoms with van der Waals surface area (Å²) >= 11 is 6.08. The molecule has 2 N–H and O–H groups in total. The third kappa shape index (κ3) is 3.35. The first-order valence-corrected chi connectivity index (χ1v) is 6.07. The molecule has 0 saturated carbocycles. The van der Waals surface area contributed by atoms with Gasteiger partial charge in [0.15, 0.2) is 0 Å². The molecule has 96 valence electrons. The van der Waals surface area contributed by atoms with E-state index in [0.717, 1.165) is 18.4 Å². The van der Waals surface area contributed by atoms with Crippen molar-refractivity contribution in [2.24, 2.45) is 0 Å². The smallest absolute Gasteiger partial charge is 0.0957 e. The van der Waals surface area contributed by atoms with Crippen LogP contribution in [0, 0.1) is 0 Å². The molecule has 2 atom stereocenters. The maximum atomic E-state index is 10.3. The van der Waals surface area contributed by atoms with Gasteiger partial charge in [-0.25, -0.2) is 0 Å². The summed E-state index contributed by atoms with van der Waals surface area (Å²) in [7, 11) is 0. The highest BCUT2D eigenvalue weighted by atomic mass is 35.5. The van der Waals surface area contributed by atoms with Gasteiger partial charge in [0.1, 0.15) is 0 Å². The molecule has 2 rings (SSSR count). The molecule has 0 spiro atoms. The van der Waals surface area contributed by atoms with Crippen molar-refractivity contribution < 1.29 is 5.11 Å². The van der Waals surface area contributed by atoms with Gasteiger partial charge in [0, 0.05) is 22.2 Å². The van der Waals surface area contributed by atoms with Crippen molar-refractivity contribution in [2.45, 2.75) is 44.4 Å². The van der Waals surface area contributed by atoms with Gasteiger partial charge in [-0.15, -0.1) is 12.4 Å². The lowest BCUT2D eigenvalue weighted by Crippen LogP contribution is -2.40. The summed E-state index contributed by atoms with van der Waals surface area (Å²) in [5, 5.41) is 14.4. The molecule has 1 saturated heterocycles. The minimum atomic E-state index is -0.518. The van der Waals surface area contributed by atoms with Gasteiger partial charge in [-0.2, -0.15) is 0 Å². The Morgan fingerprint density at radius 1 is 1.41 bits per heavy atom. The average molecular weight is 276 g/mol. The van der Waals surface area contributed by atoms with Crippen molar-refractivity contribution in [1.82, 2.24) is 5.32 Å². The lowest BCUT2D eigenvalue weighted by molar-refractivity contribution is 0.132. The Morgan fingerprint density at radius 3 is 2.59 bits per heavy atom. The van der Waals surface area contributed by atoms with E-state index >= 15 is 0 Å². The first-order chi connectivity index (χ1) is 7.49.